The maximum Gasteiger partial charge on any atom is 0.305 e. The van der Waals surface area contributed by atoms with Crippen LogP contribution in [0.1, 0.15) is 226 Å². The van der Waals surface area contributed by atoms with Crippen molar-refractivity contribution in [2.24, 2.45) is 0 Å². The van der Waals surface area contributed by atoms with E-state index in [1.807, 2.05) is 0 Å². The minimum absolute atomic E-state index is 0.0397. The smallest absolute Gasteiger partial charge is 0.305 e. The molecule has 1 amide bonds. The molecule has 2 atom stereocenters. The largest absolute Gasteiger partial charge is 0.466 e. The van der Waals surface area contributed by atoms with Gasteiger partial charge in [-0.3, -0.25) is 9.59 Å². The zero-order valence-corrected chi connectivity index (χ0v) is 33.8. The number of aliphatic hydroxyl groups excluding tert-OH is 2. The monoisotopic (exact) mass is 720 g/mol. The summed E-state index contributed by atoms with van der Waals surface area (Å²) in [5.41, 5.74) is 0. The van der Waals surface area contributed by atoms with Crippen LogP contribution in [0.3, 0.4) is 0 Å². The molecule has 0 bridgehead atoms. The lowest BCUT2D eigenvalue weighted by atomic mass is 10.0. The van der Waals surface area contributed by atoms with E-state index in [1.54, 1.807) is 0 Å². The summed E-state index contributed by atoms with van der Waals surface area (Å²) in [6, 6.07) is -0.560. The van der Waals surface area contributed by atoms with Gasteiger partial charge in [0.25, 0.3) is 0 Å². The number of hydrogen-bond donors (Lipinski definition) is 3. The van der Waals surface area contributed by atoms with Gasteiger partial charge in [-0.2, -0.15) is 0 Å². The third kappa shape index (κ3) is 37.9. The first-order valence-corrected chi connectivity index (χ1v) is 22.1. The van der Waals surface area contributed by atoms with Crippen molar-refractivity contribution in [2.75, 3.05) is 13.2 Å². The molecule has 0 heterocycles. The summed E-state index contributed by atoms with van der Waals surface area (Å²) in [5, 5.41) is 23.0. The molecule has 6 nitrogen and oxygen atoms in total. The summed E-state index contributed by atoms with van der Waals surface area (Å²) in [7, 11) is 0. The summed E-state index contributed by atoms with van der Waals surface area (Å²) >= 11 is 0. The Balaban J connectivity index is 3.50. The fourth-order valence-corrected chi connectivity index (χ4v) is 6.55. The number of carbonyl (C=O) groups is 2. The van der Waals surface area contributed by atoms with E-state index in [2.05, 4.69) is 43.5 Å². The topological polar surface area (TPSA) is 95.9 Å². The minimum Gasteiger partial charge on any atom is -0.466 e. The van der Waals surface area contributed by atoms with Crippen LogP contribution >= 0.6 is 0 Å². The highest BCUT2D eigenvalue weighted by molar-refractivity contribution is 5.76. The number of unbranched alkanes of at least 4 members (excludes halogenated alkanes) is 25. The predicted molar refractivity (Wildman–Crippen MR) is 218 cm³/mol. The highest BCUT2D eigenvalue weighted by Gasteiger charge is 2.20. The Labute approximate surface area is 316 Å². The summed E-state index contributed by atoms with van der Waals surface area (Å²) in [6.45, 7) is 4.83. The van der Waals surface area contributed by atoms with E-state index >= 15 is 0 Å². The Morgan fingerprint density at radius 1 is 0.549 bits per heavy atom. The van der Waals surface area contributed by atoms with Crippen molar-refractivity contribution in [2.45, 2.75) is 238 Å². The van der Waals surface area contributed by atoms with Gasteiger partial charge in [-0.15, -0.1) is 0 Å². The zero-order chi connectivity index (χ0) is 37.3. The standard InChI is InChI=1S/C45H85NO5/c1-3-5-7-9-11-13-14-15-16-17-18-19-23-27-31-35-39-45(50)51-40-36-32-28-24-20-22-26-30-34-38-44(49)46-42(41-47)43(48)37-33-29-25-21-12-10-8-6-4-2/h13-14,16-17,42-43,47-48H,3-12,15,18-41H2,1-2H3,(H,46,49)/b14-13-,17-16-. The predicted octanol–water partition coefficient (Wildman–Crippen LogP) is 12.4. The Morgan fingerprint density at radius 3 is 1.51 bits per heavy atom. The number of rotatable bonds is 40. The highest BCUT2D eigenvalue weighted by Crippen LogP contribution is 2.14. The van der Waals surface area contributed by atoms with Crippen molar-refractivity contribution < 1.29 is 24.5 Å². The van der Waals surface area contributed by atoms with Crippen molar-refractivity contribution in [3.63, 3.8) is 0 Å². The number of allylic oxidation sites excluding steroid dienone is 4. The van der Waals surface area contributed by atoms with E-state index in [0.717, 1.165) is 70.6 Å². The van der Waals surface area contributed by atoms with Crippen LogP contribution in [0.5, 0.6) is 0 Å². The van der Waals surface area contributed by atoms with E-state index < -0.39 is 12.1 Å². The number of ether oxygens (including phenoxy) is 1. The van der Waals surface area contributed by atoms with Crippen LogP contribution in [0.25, 0.3) is 0 Å². The molecule has 0 aromatic rings. The summed E-state index contributed by atoms with van der Waals surface area (Å²) in [5.74, 6) is -0.107. The third-order valence-electron chi connectivity index (χ3n) is 10.0. The van der Waals surface area contributed by atoms with Crippen LogP contribution in [0, 0.1) is 0 Å². The first-order valence-electron chi connectivity index (χ1n) is 22.1. The van der Waals surface area contributed by atoms with Crippen molar-refractivity contribution in [3.05, 3.63) is 24.3 Å². The average Bonchev–Trinajstić information content (AvgIpc) is 3.13. The van der Waals surface area contributed by atoms with E-state index in [-0.39, 0.29) is 18.5 Å². The minimum atomic E-state index is -0.680. The van der Waals surface area contributed by atoms with Gasteiger partial charge in [0, 0.05) is 12.8 Å². The molecule has 0 spiro atoms. The number of nitrogens with one attached hydrogen (secondary N) is 1. The normalized spacial score (nSPS) is 12.9. The van der Waals surface area contributed by atoms with Gasteiger partial charge in [-0.25, -0.2) is 0 Å². The van der Waals surface area contributed by atoms with Crippen LogP contribution in [0.2, 0.25) is 0 Å². The molecule has 51 heavy (non-hydrogen) atoms. The molecule has 0 rings (SSSR count). The molecule has 3 N–H and O–H groups in total. The number of carbonyl (C=O) groups excluding carboxylic acids is 2. The molecule has 0 saturated carbocycles. The van der Waals surface area contributed by atoms with E-state index in [0.29, 0.717) is 25.9 Å². The second kappa shape index (κ2) is 41.1. The summed E-state index contributed by atoms with van der Waals surface area (Å²) in [6.07, 6.45) is 45.6. The Kier molecular flexibility index (Phi) is 39.8. The Hall–Kier alpha value is -1.66. The van der Waals surface area contributed by atoms with Gasteiger partial charge in [-0.1, -0.05) is 179 Å². The fourth-order valence-electron chi connectivity index (χ4n) is 6.55. The van der Waals surface area contributed by atoms with Crippen molar-refractivity contribution >= 4 is 11.9 Å². The van der Waals surface area contributed by atoms with Gasteiger partial charge in [0.2, 0.25) is 5.91 Å². The van der Waals surface area contributed by atoms with Crippen LogP contribution in [-0.2, 0) is 14.3 Å². The molecule has 0 aromatic carbocycles. The molecule has 0 saturated heterocycles. The van der Waals surface area contributed by atoms with Crippen LogP contribution in [-0.4, -0.2) is 47.4 Å². The number of esters is 1. The molecule has 0 fully saturated rings. The van der Waals surface area contributed by atoms with Gasteiger partial charge >= 0.3 is 5.97 Å². The van der Waals surface area contributed by atoms with E-state index in [1.165, 1.54) is 122 Å². The Morgan fingerprint density at radius 2 is 0.980 bits per heavy atom. The quantitative estimate of drug-likeness (QED) is 0.0333. The zero-order valence-electron chi connectivity index (χ0n) is 33.8. The second-order valence-corrected chi connectivity index (χ2v) is 15.0. The van der Waals surface area contributed by atoms with Crippen molar-refractivity contribution in [1.29, 1.82) is 0 Å². The van der Waals surface area contributed by atoms with Crippen LogP contribution < -0.4 is 5.32 Å². The lowest BCUT2D eigenvalue weighted by molar-refractivity contribution is -0.143. The van der Waals surface area contributed by atoms with Gasteiger partial charge in [0.15, 0.2) is 0 Å². The SMILES string of the molecule is CCCCCC/C=C\C/C=C\CCCCCCCC(=O)OCCCCCCCCCCCC(=O)NC(CO)C(O)CCCCCCCCCCC. The van der Waals surface area contributed by atoms with E-state index in [9.17, 15) is 19.8 Å². The maximum atomic E-state index is 12.3. The highest BCUT2D eigenvalue weighted by atomic mass is 16.5. The number of aliphatic hydroxyl groups is 2. The summed E-state index contributed by atoms with van der Waals surface area (Å²) in [4.78, 5) is 24.3. The van der Waals surface area contributed by atoms with Gasteiger partial charge < -0.3 is 20.3 Å². The first-order chi connectivity index (χ1) is 25.0. The molecule has 0 radical (unpaired) electrons. The molecule has 300 valence electrons. The molecule has 6 heteroatoms. The first kappa shape index (κ1) is 49.3. The van der Waals surface area contributed by atoms with E-state index in [4.69, 9.17) is 4.74 Å². The van der Waals surface area contributed by atoms with Crippen LogP contribution in [0.4, 0.5) is 0 Å². The molecule has 2 unspecified atom stereocenters. The average molecular weight is 720 g/mol. The molecule has 0 aromatic heterocycles. The molecular weight excluding hydrogens is 634 g/mol. The molecule has 0 aliphatic rings. The van der Waals surface area contributed by atoms with Crippen molar-refractivity contribution in [3.8, 4) is 0 Å². The lowest BCUT2D eigenvalue weighted by Crippen LogP contribution is -2.45. The Bertz CT molecular complexity index is 797. The third-order valence-corrected chi connectivity index (χ3v) is 10.0. The maximum absolute atomic E-state index is 12.3. The molecular formula is C45H85NO5. The second-order valence-electron chi connectivity index (χ2n) is 15.0. The lowest BCUT2D eigenvalue weighted by Gasteiger charge is -2.22. The summed E-state index contributed by atoms with van der Waals surface area (Å²) < 4.78 is 5.43. The van der Waals surface area contributed by atoms with Crippen molar-refractivity contribution in [1.82, 2.24) is 5.32 Å². The molecule has 0 aliphatic carbocycles. The van der Waals surface area contributed by atoms with Gasteiger partial charge in [0.1, 0.15) is 0 Å². The fraction of sp³-hybridized carbons (Fsp3) is 0.867. The number of amides is 1. The molecule has 0 aliphatic heterocycles. The van der Waals surface area contributed by atoms with Gasteiger partial charge in [-0.05, 0) is 57.8 Å². The number of hydrogen-bond acceptors (Lipinski definition) is 5. The van der Waals surface area contributed by atoms with Crippen LogP contribution in [0.15, 0.2) is 24.3 Å². The van der Waals surface area contributed by atoms with Gasteiger partial charge in [0.05, 0.1) is 25.4 Å².